The molecule has 1 aromatic rings. The summed E-state index contributed by atoms with van der Waals surface area (Å²) in [5.74, 6) is -0.337. The number of primary amides is 1. The first-order valence-electron chi connectivity index (χ1n) is 4.16. The summed E-state index contributed by atoms with van der Waals surface area (Å²) in [4.78, 5) is 14.7. The topological polar surface area (TPSA) is 65.2 Å². The highest BCUT2D eigenvalue weighted by atomic mass is 35.5. The predicted molar refractivity (Wildman–Crippen MR) is 58.4 cm³/mol. The molecule has 15 heavy (non-hydrogen) atoms. The van der Waals surface area contributed by atoms with Crippen LogP contribution in [0.1, 0.15) is 11.4 Å². The second-order valence-corrected chi connectivity index (χ2v) is 3.75. The van der Waals surface area contributed by atoms with Gasteiger partial charge in [0.2, 0.25) is 0 Å². The van der Waals surface area contributed by atoms with Crippen molar-refractivity contribution >= 4 is 29.1 Å². The van der Waals surface area contributed by atoms with Crippen LogP contribution in [0.5, 0.6) is 5.75 Å². The number of hydrogen-bond donors (Lipinski definition) is 1. The van der Waals surface area contributed by atoms with Gasteiger partial charge < -0.3 is 10.5 Å². The number of nitrogens with two attached hydrogens (primary N) is 1. The molecule has 0 spiro atoms. The van der Waals surface area contributed by atoms with Crippen molar-refractivity contribution < 1.29 is 9.53 Å². The summed E-state index contributed by atoms with van der Waals surface area (Å²) >= 11 is 11.9. The Morgan fingerprint density at radius 1 is 1.33 bits per heavy atom. The minimum atomic E-state index is -0.589. The van der Waals surface area contributed by atoms with Crippen molar-refractivity contribution in [3.8, 4) is 5.75 Å². The summed E-state index contributed by atoms with van der Waals surface area (Å²) in [7, 11) is 0. The molecular weight excluding hydrogens is 239 g/mol. The molecule has 0 atom stereocenters. The number of pyridine rings is 1. The minimum absolute atomic E-state index is 0.252. The quantitative estimate of drug-likeness (QED) is 0.889. The van der Waals surface area contributed by atoms with Crippen molar-refractivity contribution in [3.63, 3.8) is 0 Å². The van der Waals surface area contributed by atoms with E-state index in [0.29, 0.717) is 21.4 Å². The highest BCUT2D eigenvalue weighted by Gasteiger charge is 2.14. The van der Waals surface area contributed by atoms with Crippen LogP contribution in [0.15, 0.2) is 0 Å². The van der Waals surface area contributed by atoms with Crippen LogP contribution in [0.2, 0.25) is 10.0 Å². The van der Waals surface area contributed by atoms with Crippen molar-refractivity contribution in [2.45, 2.75) is 13.8 Å². The van der Waals surface area contributed by atoms with Gasteiger partial charge >= 0.3 is 0 Å². The van der Waals surface area contributed by atoms with Crippen LogP contribution in [0.4, 0.5) is 0 Å². The number of hydrogen-bond acceptors (Lipinski definition) is 3. The average Bonchev–Trinajstić information content (AvgIpc) is 2.14. The second-order valence-electron chi connectivity index (χ2n) is 2.99. The van der Waals surface area contributed by atoms with Crippen LogP contribution in [0.3, 0.4) is 0 Å². The molecule has 0 aliphatic rings. The molecule has 1 amide bonds. The lowest BCUT2D eigenvalue weighted by molar-refractivity contribution is -0.119. The van der Waals surface area contributed by atoms with Gasteiger partial charge in [0.05, 0.1) is 11.4 Å². The smallest absolute Gasteiger partial charge is 0.255 e. The van der Waals surface area contributed by atoms with E-state index in [1.807, 2.05) is 0 Å². The molecule has 0 fully saturated rings. The lowest BCUT2D eigenvalue weighted by atomic mass is 10.3. The van der Waals surface area contributed by atoms with Crippen molar-refractivity contribution in [3.05, 3.63) is 21.4 Å². The van der Waals surface area contributed by atoms with Gasteiger partial charge in [-0.15, -0.1) is 0 Å². The fourth-order valence-electron chi connectivity index (χ4n) is 1.04. The SMILES string of the molecule is Cc1nc(C)c(Cl)c(OCC(N)=O)c1Cl. The molecule has 1 heterocycles. The fraction of sp³-hybridized carbons (Fsp3) is 0.333. The van der Waals surface area contributed by atoms with Gasteiger partial charge in [-0.25, -0.2) is 0 Å². The number of aryl methyl sites for hydroxylation is 2. The Hall–Kier alpha value is -1.00. The molecular formula is C9H10Cl2N2O2. The zero-order valence-corrected chi connectivity index (χ0v) is 9.82. The molecule has 0 saturated heterocycles. The van der Waals surface area contributed by atoms with E-state index in [2.05, 4.69) is 4.98 Å². The number of aromatic nitrogens is 1. The van der Waals surface area contributed by atoms with Gasteiger partial charge in [0, 0.05) is 0 Å². The molecule has 0 radical (unpaired) electrons. The van der Waals surface area contributed by atoms with E-state index < -0.39 is 5.91 Å². The van der Waals surface area contributed by atoms with Crippen molar-refractivity contribution in [2.24, 2.45) is 5.73 Å². The molecule has 82 valence electrons. The van der Waals surface area contributed by atoms with Crippen LogP contribution in [0, 0.1) is 13.8 Å². The molecule has 0 bridgehead atoms. The van der Waals surface area contributed by atoms with Crippen LogP contribution in [-0.4, -0.2) is 17.5 Å². The number of amides is 1. The Kier molecular flexibility index (Phi) is 3.77. The highest BCUT2D eigenvalue weighted by Crippen LogP contribution is 2.35. The number of rotatable bonds is 3. The molecule has 0 aliphatic heterocycles. The van der Waals surface area contributed by atoms with Crippen molar-refractivity contribution in [2.75, 3.05) is 6.61 Å². The first-order chi connectivity index (χ1) is 6.93. The number of nitrogens with zero attached hydrogens (tertiary/aromatic N) is 1. The van der Waals surface area contributed by atoms with Gasteiger partial charge in [0.25, 0.3) is 5.91 Å². The fourth-order valence-corrected chi connectivity index (χ4v) is 1.48. The molecule has 1 aromatic heterocycles. The number of carbonyl (C=O) groups is 1. The normalized spacial score (nSPS) is 10.1. The van der Waals surface area contributed by atoms with Gasteiger partial charge in [-0.05, 0) is 13.8 Å². The minimum Gasteiger partial charge on any atom is -0.481 e. The molecule has 0 unspecified atom stereocenters. The molecule has 4 nitrogen and oxygen atoms in total. The van der Waals surface area contributed by atoms with E-state index in [-0.39, 0.29) is 12.4 Å². The highest BCUT2D eigenvalue weighted by molar-refractivity contribution is 6.37. The van der Waals surface area contributed by atoms with Crippen LogP contribution in [-0.2, 0) is 4.79 Å². The second kappa shape index (κ2) is 4.68. The Balaban J connectivity index is 3.09. The summed E-state index contributed by atoms with van der Waals surface area (Å²) in [6.07, 6.45) is 0. The Labute approximate surface area is 97.3 Å². The average molecular weight is 249 g/mol. The summed E-state index contributed by atoms with van der Waals surface area (Å²) in [5.41, 5.74) is 6.14. The number of halogens is 2. The standard InChI is InChI=1S/C9H10Cl2N2O2/c1-4-7(10)9(15-3-6(12)14)8(11)5(2)13-4/h3H2,1-2H3,(H2,12,14). The predicted octanol–water partition coefficient (Wildman–Crippen LogP) is 1.87. The molecule has 0 saturated carbocycles. The maximum Gasteiger partial charge on any atom is 0.255 e. The third-order valence-electron chi connectivity index (χ3n) is 1.73. The first kappa shape index (κ1) is 12.1. The van der Waals surface area contributed by atoms with E-state index in [1.165, 1.54) is 0 Å². The summed E-state index contributed by atoms with van der Waals surface area (Å²) in [5, 5.41) is 0.596. The van der Waals surface area contributed by atoms with E-state index in [1.54, 1.807) is 13.8 Å². The maximum absolute atomic E-state index is 10.6. The third-order valence-corrected chi connectivity index (χ3v) is 2.62. The number of ether oxygens (including phenoxy) is 1. The Bertz CT molecular complexity index is 381. The number of carbonyl (C=O) groups excluding carboxylic acids is 1. The molecule has 2 N–H and O–H groups in total. The summed E-state index contributed by atoms with van der Waals surface area (Å²) in [6.45, 7) is 3.19. The summed E-state index contributed by atoms with van der Waals surface area (Å²) in [6, 6.07) is 0. The van der Waals surface area contributed by atoms with Gasteiger partial charge in [-0.3, -0.25) is 9.78 Å². The van der Waals surface area contributed by atoms with Crippen molar-refractivity contribution in [1.82, 2.24) is 4.98 Å². The largest absolute Gasteiger partial charge is 0.481 e. The monoisotopic (exact) mass is 248 g/mol. The van der Waals surface area contributed by atoms with E-state index in [0.717, 1.165) is 0 Å². The third kappa shape index (κ3) is 2.73. The van der Waals surface area contributed by atoms with Gasteiger partial charge in [0.1, 0.15) is 10.0 Å². The van der Waals surface area contributed by atoms with Gasteiger partial charge in [-0.2, -0.15) is 0 Å². The van der Waals surface area contributed by atoms with Gasteiger partial charge in [-0.1, -0.05) is 23.2 Å². The maximum atomic E-state index is 10.6. The molecule has 1 rings (SSSR count). The summed E-state index contributed by atoms with van der Waals surface area (Å²) < 4.78 is 5.11. The zero-order chi connectivity index (χ0) is 11.6. The van der Waals surface area contributed by atoms with Crippen molar-refractivity contribution in [1.29, 1.82) is 0 Å². The molecule has 0 aromatic carbocycles. The van der Waals surface area contributed by atoms with Crippen LogP contribution >= 0.6 is 23.2 Å². The van der Waals surface area contributed by atoms with E-state index in [4.69, 9.17) is 33.7 Å². The van der Waals surface area contributed by atoms with E-state index in [9.17, 15) is 4.79 Å². The first-order valence-corrected chi connectivity index (χ1v) is 4.92. The molecule has 6 heteroatoms. The zero-order valence-electron chi connectivity index (χ0n) is 8.30. The van der Waals surface area contributed by atoms with E-state index >= 15 is 0 Å². The lowest BCUT2D eigenvalue weighted by Gasteiger charge is -2.11. The van der Waals surface area contributed by atoms with Gasteiger partial charge in [0.15, 0.2) is 12.4 Å². The Morgan fingerprint density at radius 2 is 1.80 bits per heavy atom. The molecule has 0 aliphatic carbocycles. The Morgan fingerprint density at radius 3 is 2.20 bits per heavy atom. The van der Waals surface area contributed by atoms with Crippen LogP contribution < -0.4 is 10.5 Å². The lowest BCUT2D eigenvalue weighted by Crippen LogP contribution is -2.20. The van der Waals surface area contributed by atoms with Crippen LogP contribution in [0.25, 0.3) is 0 Å².